The van der Waals surface area contributed by atoms with E-state index in [-0.39, 0.29) is 0 Å². The fourth-order valence-corrected chi connectivity index (χ4v) is 1.28. The minimum Gasteiger partial charge on any atom is -0.356 e. The van der Waals surface area contributed by atoms with Crippen LogP contribution in [-0.2, 0) is 12.7 Å². The van der Waals surface area contributed by atoms with E-state index in [1.54, 1.807) is 11.9 Å². The molecule has 0 heterocycles. The second kappa shape index (κ2) is 5.03. The summed E-state index contributed by atoms with van der Waals surface area (Å²) >= 11 is 0. The summed E-state index contributed by atoms with van der Waals surface area (Å²) < 4.78 is 37.0. The first-order valence-electron chi connectivity index (χ1n) is 4.87. The van der Waals surface area contributed by atoms with Gasteiger partial charge in [-0.2, -0.15) is 13.2 Å². The molecule has 0 amide bonds. The minimum atomic E-state index is -4.29. The molecule has 0 spiro atoms. The van der Waals surface area contributed by atoms with Gasteiger partial charge in [0.05, 0.1) is 5.56 Å². The van der Waals surface area contributed by atoms with E-state index in [2.05, 4.69) is 18.3 Å². The van der Waals surface area contributed by atoms with Gasteiger partial charge < -0.3 is 4.90 Å². The van der Waals surface area contributed by atoms with Gasteiger partial charge in [-0.3, -0.25) is 0 Å². The molecule has 0 aliphatic carbocycles. The molecule has 0 aliphatic heterocycles. The second-order valence-corrected chi connectivity index (χ2v) is 3.63. The van der Waals surface area contributed by atoms with Crippen molar-refractivity contribution in [3.8, 4) is 0 Å². The highest BCUT2D eigenvalue weighted by atomic mass is 19.4. The van der Waals surface area contributed by atoms with Crippen molar-refractivity contribution in [2.75, 3.05) is 7.05 Å². The number of nitrogens with zero attached hydrogens (tertiary/aromatic N) is 2. The number of aliphatic imine (C=N–C) groups is 1. The maximum absolute atomic E-state index is 12.3. The highest BCUT2D eigenvalue weighted by Crippen LogP contribution is 2.29. The Morgan fingerprint density at radius 2 is 1.82 bits per heavy atom. The summed E-state index contributed by atoms with van der Waals surface area (Å²) in [6.45, 7) is 7.41. The molecular weight excluding hydrogens is 229 g/mol. The Bertz CT molecular complexity index is 407. The summed E-state index contributed by atoms with van der Waals surface area (Å²) in [4.78, 5) is 5.35. The van der Waals surface area contributed by atoms with E-state index in [0.29, 0.717) is 12.4 Å². The van der Waals surface area contributed by atoms with Crippen LogP contribution >= 0.6 is 0 Å². The molecule has 1 aromatic carbocycles. The van der Waals surface area contributed by atoms with Gasteiger partial charge in [0, 0.05) is 13.6 Å². The Morgan fingerprint density at radius 3 is 2.24 bits per heavy atom. The lowest BCUT2D eigenvalue weighted by molar-refractivity contribution is -0.137. The molecule has 2 nitrogen and oxygen atoms in total. The van der Waals surface area contributed by atoms with Gasteiger partial charge >= 0.3 is 6.18 Å². The molecule has 1 rings (SSSR count). The van der Waals surface area contributed by atoms with Crippen molar-refractivity contribution in [1.82, 2.24) is 4.90 Å². The molecule has 0 atom stereocenters. The summed E-state index contributed by atoms with van der Waals surface area (Å²) in [7, 11) is 1.74. The zero-order valence-corrected chi connectivity index (χ0v) is 9.46. The van der Waals surface area contributed by atoms with Gasteiger partial charge in [0.15, 0.2) is 0 Å². The van der Waals surface area contributed by atoms with Crippen molar-refractivity contribution >= 4 is 6.72 Å². The maximum atomic E-state index is 12.3. The van der Waals surface area contributed by atoms with Crippen molar-refractivity contribution in [2.24, 2.45) is 4.99 Å². The number of rotatable bonds is 4. The molecule has 5 heteroatoms. The van der Waals surface area contributed by atoms with Crippen LogP contribution in [0.2, 0.25) is 0 Å². The van der Waals surface area contributed by atoms with E-state index >= 15 is 0 Å². The zero-order valence-electron chi connectivity index (χ0n) is 9.46. The molecule has 0 N–H and O–H groups in total. The molecule has 1 aromatic rings. The number of halogens is 3. The first-order valence-corrected chi connectivity index (χ1v) is 4.87. The molecule has 17 heavy (non-hydrogen) atoms. The molecule has 0 unspecified atom stereocenters. The highest BCUT2D eigenvalue weighted by Gasteiger charge is 2.29. The number of benzene rings is 1. The van der Waals surface area contributed by atoms with Gasteiger partial charge in [0.1, 0.15) is 5.82 Å². The van der Waals surface area contributed by atoms with Gasteiger partial charge in [-0.25, -0.2) is 4.99 Å². The van der Waals surface area contributed by atoms with Crippen LogP contribution in [0.4, 0.5) is 13.2 Å². The van der Waals surface area contributed by atoms with E-state index in [1.165, 1.54) is 12.1 Å². The van der Waals surface area contributed by atoms with Gasteiger partial charge in [-0.05, 0) is 24.4 Å². The largest absolute Gasteiger partial charge is 0.416 e. The third-order valence-corrected chi connectivity index (χ3v) is 2.32. The van der Waals surface area contributed by atoms with E-state index in [4.69, 9.17) is 0 Å². The fourth-order valence-electron chi connectivity index (χ4n) is 1.28. The monoisotopic (exact) mass is 242 g/mol. The highest BCUT2D eigenvalue weighted by molar-refractivity contribution is 5.28. The fraction of sp³-hybridized carbons (Fsp3) is 0.250. The first-order chi connectivity index (χ1) is 7.84. The van der Waals surface area contributed by atoms with Crippen molar-refractivity contribution in [1.29, 1.82) is 0 Å². The normalized spacial score (nSPS) is 11.1. The number of hydrogen-bond donors (Lipinski definition) is 0. The lowest BCUT2D eigenvalue weighted by Crippen LogP contribution is -2.15. The van der Waals surface area contributed by atoms with E-state index in [9.17, 15) is 13.2 Å². The van der Waals surface area contributed by atoms with E-state index in [1.807, 2.05) is 0 Å². The van der Waals surface area contributed by atoms with Gasteiger partial charge in [-0.1, -0.05) is 18.7 Å². The van der Waals surface area contributed by atoms with Crippen LogP contribution in [0.15, 0.2) is 41.7 Å². The maximum Gasteiger partial charge on any atom is 0.416 e. The Balaban J connectivity index is 2.75. The summed E-state index contributed by atoms with van der Waals surface area (Å²) in [5.41, 5.74) is 0.106. The molecule has 0 radical (unpaired) electrons. The standard InChI is InChI=1S/C12H13F3N2/c1-9(16-2)17(3)8-10-4-6-11(7-5-10)12(13,14)15/h4-7H,1-2,8H2,3H3. The molecule has 92 valence electrons. The molecular formula is C12H13F3N2. The Morgan fingerprint density at radius 1 is 1.29 bits per heavy atom. The SMILES string of the molecule is C=NC(=C)N(C)Cc1ccc(C(F)(F)F)cc1. The van der Waals surface area contributed by atoms with Crippen LogP contribution in [0.1, 0.15) is 11.1 Å². The van der Waals surface area contributed by atoms with Crippen molar-refractivity contribution < 1.29 is 13.2 Å². The van der Waals surface area contributed by atoms with Crippen LogP contribution in [-0.4, -0.2) is 18.7 Å². The molecule has 0 bridgehead atoms. The second-order valence-electron chi connectivity index (χ2n) is 3.63. The van der Waals surface area contributed by atoms with Crippen LogP contribution in [0.25, 0.3) is 0 Å². The average molecular weight is 242 g/mol. The van der Waals surface area contributed by atoms with Crippen LogP contribution in [0.3, 0.4) is 0 Å². The smallest absolute Gasteiger partial charge is 0.356 e. The number of hydrogen-bond acceptors (Lipinski definition) is 2. The minimum absolute atomic E-state index is 0.440. The van der Waals surface area contributed by atoms with Crippen molar-refractivity contribution in [3.63, 3.8) is 0 Å². The lowest BCUT2D eigenvalue weighted by atomic mass is 10.1. The Hall–Kier alpha value is -1.78. The molecule has 0 saturated carbocycles. The van der Waals surface area contributed by atoms with Gasteiger partial charge in [0.2, 0.25) is 0 Å². The predicted molar refractivity (Wildman–Crippen MR) is 61.6 cm³/mol. The van der Waals surface area contributed by atoms with Gasteiger partial charge in [0.25, 0.3) is 0 Å². The van der Waals surface area contributed by atoms with Crippen molar-refractivity contribution in [3.05, 3.63) is 47.8 Å². The average Bonchev–Trinajstić information content (AvgIpc) is 2.27. The summed E-state index contributed by atoms with van der Waals surface area (Å²) in [5.74, 6) is 0.477. The van der Waals surface area contributed by atoms with Crippen LogP contribution < -0.4 is 0 Å². The summed E-state index contributed by atoms with van der Waals surface area (Å²) in [5, 5.41) is 0. The Kier molecular flexibility index (Phi) is 3.93. The molecule has 0 fully saturated rings. The van der Waals surface area contributed by atoms with Crippen LogP contribution in [0.5, 0.6) is 0 Å². The molecule has 0 saturated heterocycles. The zero-order chi connectivity index (χ0) is 13.1. The number of alkyl halides is 3. The van der Waals surface area contributed by atoms with E-state index in [0.717, 1.165) is 17.7 Å². The molecule has 0 aromatic heterocycles. The molecule has 0 aliphatic rings. The third kappa shape index (κ3) is 3.62. The predicted octanol–water partition coefficient (Wildman–Crippen LogP) is 3.31. The van der Waals surface area contributed by atoms with E-state index < -0.39 is 11.7 Å². The lowest BCUT2D eigenvalue weighted by Gasteiger charge is -2.18. The Labute approximate surface area is 98.1 Å². The quantitative estimate of drug-likeness (QED) is 0.739. The first kappa shape index (κ1) is 13.3. The van der Waals surface area contributed by atoms with Crippen LogP contribution in [0, 0.1) is 0 Å². The third-order valence-electron chi connectivity index (χ3n) is 2.32. The summed E-state index contributed by atoms with van der Waals surface area (Å²) in [6, 6.07) is 5.01. The van der Waals surface area contributed by atoms with Crippen molar-refractivity contribution in [2.45, 2.75) is 12.7 Å². The summed E-state index contributed by atoms with van der Waals surface area (Å²) in [6.07, 6.45) is -4.29. The topological polar surface area (TPSA) is 15.6 Å². The van der Waals surface area contributed by atoms with Gasteiger partial charge in [-0.15, -0.1) is 0 Å².